The molecule has 0 aliphatic carbocycles. The summed E-state index contributed by atoms with van der Waals surface area (Å²) < 4.78 is 28.0. The Bertz CT molecular complexity index is 542. The Hall–Kier alpha value is -1.02. The average molecular weight is 326 g/mol. The maximum Gasteiger partial charge on any atom is 0.281 e. The lowest BCUT2D eigenvalue weighted by molar-refractivity contribution is 0.174. The SMILES string of the molecule is CCCCN(C)S(=O)(=O)N1CCN(Cc2ccccn2)CC1. The van der Waals surface area contributed by atoms with Gasteiger partial charge in [0.25, 0.3) is 10.2 Å². The highest BCUT2D eigenvalue weighted by Crippen LogP contribution is 2.13. The number of unbranched alkanes of at least 4 members (excludes halogenated alkanes) is 1. The molecule has 1 aliphatic heterocycles. The van der Waals surface area contributed by atoms with Crippen molar-refractivity contribution in [1.82, 2.24) is 18.5 Å². The first-order chi connectivity index (χ1) is 10.5. The number of piperazine rings is 1. The summed E-state index contributed by atoms with van der Waals surface area (Å²) in [6.45, 7) is 6.02. The summed E-state index contributed by atoms with van der Waals surface area (Å²) in [6.07, 6.45) is 3.69. The Labute approximate surface area is 133 Å². The van der Waals surface area contributed by atoms with Crippen LogP contribution in [0.4, 0.5) is 0 Å². The molecule has 1 fully saturated rings. The Morgan fingerprint density at radius 3 is 2.55 bits per heavy atom. The van der Waals surface area contributed by atoms with Crippen molar-refractivity contribution in [2.45, 2.75) is 26.3 Å². The van der Waals surface area contributed by atoms with Gasteiger partial charge in [-0.1, -0.05) is 19.4 Å². The zero-order valence-electron chi connectivity index (χ0n) is 13.5. The average Bonchev–Trinajstić information content (AvgIpc) is 2.54. The molecule has 7 heteroatoms. The van der Waals surface area contributed by atoms with Gasteiger partial charge in [0, 0.05) is 52.5 Å². The Morgan fingerprint density at radius 1 is 1.23 bits per heavy atom. The number of aromatic nitrogens is 1. The fourth-order valence-electron chi connectivity index (χ4n) is 2.53. The minimum atomic E-state index is -3.31. The number of pyridine rings is 1. The molecule has 1 aromatic heterocycles. The van der Waals surface area contributed by atoms with Crippen molar-refractivity contribution >= 4 is 10.2 Å². The monoisotopic (exact) mass is 326 g/mol. The standard InChI is InChI=1S/C15H26N4O2S/c1-3-4-9-17(2)22(20,21)19-12-10-18(11-13-19)14-15-7-5-6-8-16-15/h5-8H,3-4,9-14H2,1-2H3. The lowest BCUT2D eigenvalue weighted by Gasteiger charge is -2.35. The van der Waals surface area contributed by atoms with E-state index in [1.807, 2.05) is 18.2 Å². The van der Waals surface area contributed by atoms with Crippen LogP contribution >= 0.6 is 0 Å². The largest absolute Gasteiger partial charge is 0.295 e. The Balaban J connectivity index is 1.86. The molecule has 6 nitrogen and oxygen atoms in total. The molecule has 0 amide bonds. The van der Waals surface area contributed by atoms with Gasteiger partial charge in [-0.2, -0.15) is 17.0 Å². The molecule has 22 heavy (non-hydrogen) atoms. The lowest BCUT2D eigenvalue weighted by Crippen LogP contribution is -2.52. The van der Waals surface area contributed by atoms with Gasteiger partial charge in [-0.05, 0) is 18.6 Å². The van der Waals surface area contributed by atoms with Crippen molar-refractivity contribution in [3.8, 4) is 0 Å². The molecule has 0 N–H and O–H groups in total. The molecule has 1 saturated heterocycles. The molecule has 124 valence electrons. The first-order valence-corrected chi connectivity index (χ1v) is 9.27. The highest BCUT2D eigenvalue weighted by atomic mass is 32.2. The van der Waals surface area contributed by atoms with Gasteiger partial charge in [-0.15, -0.1) is 0 Å². The van der Waals surface area contributed by atoms with E-state index in [-0.39, 0.29) is 0 Å². The fourth-order valence-corrected chi connectivity index (χ4v) is 3.91. The molecule has 0 aromatic carbocycles. The maximum atomic E-state index is 12.5. The molecule has 1 aromatic rings. The van der Waals surface area contributed by atoms with Crippen molar-refractivity contribution in [2.75, 3.05) is 39.8 Å². The van der Waals surface area contributed by atoms with Crippen LogP contribution in [0.2, 0.25) is 0 Å². The van der Waals surface area contributed by atoms with E-state index >= 15 is 0 Å². The number of hydrogen-bond acceptors (Lipinski definition) is 4. The van der Waals surface area contributed by atoms with Crippen LogP contribution in [-0.2, 0) is 16.8 Å². The van der Waals surface area contributed by atoms with E-state index in [0.29, 0.717) is 19.6 Å². The lowest BCUT2D eigenvalue weighted by atomic mass is 10.3. The van der Waals surface area contributed by atoms with E-state index < -0.39 is 10.2 Å². The Morgan fingerprint density at radius 2 is 1.95 bits per heavy atom. The molecule has 0 radical (unpaired) electrons. The summed E-state index contributed by atoms with van der Waals surface area (Å²) in [7, 11) is -1.63. The van der Waals surface area contributed by atoms with E-state index in [9.17, 15) is 8.42 Å². The van der Waals surface area contributed by atoms with Crippen molar-refractivity contribution < 1.29 is 8.42 Å². The van der Waals surface area contributed by atoms with E-state index in [0.717, 1.165) is 38.2 Å². The predicted octanol–water partition coefficient (Wildman–Crippen LogP) is 1.18. The third kappa shape index (κ3) is 4.49. The molecule has 0 saturated carbocycles. The predicted molar refractivity (Wildman–Crippen MR) is 87.5 cm³/mol. The topological polar surface area (TPSA) is 56.8 Å². The second-order valence-electron chi connectivity index (χ2n) is 5.68. The van der Waals surface area contributed by atoms with Crippen molar-refractivity contribution in [2.24, 2.45) is 0 Å². The summed E-state index contributed by atoms with van der Waals surface area (Å²) in [5.74, 6) is 0. The van der Waals surface area contributed by atoms with E-state index in [1.54, 1.807) is 17.5 Å². The summed E-state index contributed by atoms with van der Waals surface area (Å²) in [6, 6.07) is 5.88. The number of nitrogens with zero attached hydrogens (tertiary/aromatic N) is 4. The molecule has 0 bridgehead atoms. The molecule has 2 heterocycles. The van der Waals surface area contributed by atoms with Gasteiger partial charge >= 0.3 is 0 Å². The van der Waals surface area contributed by atoms with Gasteiger partial charge < -0.3 is 0 Å². The van der Waals surface area contributed by atoms with Crippen LogP contribution < -0.4 is 0 Å². The maximum absolute atomic E-state index is 12.5. The quantitative estimate of drug-likeness (QED) is 0.755. The van der Waals surface area contributed by atoms with E-state index in [2.05, 4.69) is 16.8 Å². The molecule has 0 unspecified atom stereocenters. The Kier molecular flexibility index (Phi) is 6.31. The molecular formula is C15H26N4O2S. The van der Waals surface area contributed by atoms with Crippen LogP contribution in [-0.4, -0.2) is 66.7 Å². The minimum Gasteiger partial charge on any atom is -0.295 e. The van der Waals surface area contributed by atoms with Crippen molar-refractivity contribution in [1.29, 1.82) is 0 Å². The second kappa shape index (κ2) is 8.01. The molecular weight excluding hydrogens is 300 g/mol. The molecule has 2 rings (SSSR count). The van der Waals surface area contributed by atoms with Crippen molar-refractivity contribution in [3.05, 3.63) is 30.1 Å². The van der Waals surface area contributed by atoms with Gasteiger partial charge in [0.2, 0.25) is 0 Å². The van der Waals surface area contributed by atoms with Crippen LogP contribution in [0.3, 0.4) is 0 Å². The summed E-state index contributed by atoms with van der Waals surface area (Å²) in [5.41, 5.74) is 1.03. The molecule has 0 spiro atoms. The number of rotatable bonds is 7. The van der Waals surface area contributed by atoms with E-state index in [1.165, 1.54) is 4.31 Å². The van der Waals surface area contributed by atoms with Crippen molar-refractivity contribution in [3.63, 3.8) is 0 Å². The van der Waals surface area contributed by atoms with Gasteiger partial charge in [0.1, 0.15) is 0 Å². The fraction of sp³-hybridized carbons (Fsp3) is 0.667. The number of hydrogen-bond donors (Lipinski definition) is 0. The second-order valence-corrected chi connectivity index (χ2v) is 7.71. The van der Waals surface area contributed by atoms with E-state index in [4.69, 9.17) is 0 Å². The summed E-state index contributed by atoms with van der Waals surface area (Å²) in [4.78, 5) is 6.57. The van der Waals surface area contributed by atoms with Crippen LogP contribution in [0.15, 0.2) is 24.4 Å². The highest BCUT2D eigenvalue weighted by Gasteiger charge is 2.29. The third-order valence-electron chi connectivity index (χ3n) is 3.99. The summed E-state index contributed by atoms with van der Waals surface area (Å²) in [5, 5.41) is 0. The van der Waals surface area contributed by atoms with Crippen LogP contribution in [0.5, 0.6) is 0 Å². The highest BCUT2D eigenvalue weighted by molar-refractivity contribution is 7.86. The molecule has 1 aliphatic rings. The van der Waals surface area contributed by atoms with Gasteiger partial charge in [-0.25, -0.2) is 0 Å². The normalized spacial score (nSPS) is 18.0. The van der Waals surface area contributed by atoms with Gasteiger partial charge in [-0.3, -0.25) is 9.88 Å². The van der Waals surface area contributed by atoms with Crippen LogP contribution in [0.1, 0.15) is 25.5 Å². The first kappa shape index (κ1) is 17.3. The minimum absolute atomic E-state index is 0.547. The van der Waals surface area contributed by atoms with Gasteiger partial charge in [0.05, 0.1) is 5.69 Å². The smallest absolute Gasteiger partial charge is 0.281 e. The summed E-state index contributed by atoms with van der Waals surface area (Å²) >= 11 is 0. The zero-order valence-corrected chi connectivity index (χ0v) is 14.3. The van der Waals surface area contributed by atoms with Crippen LogP contribution in [0, 0.1) is 0 Å². The first-order valence-electron chi connectivity index (χ1n) is 7.87. The zero-order chi connectivity index (χ0) is 16.0. The molecule has 0 atom stereocenters. The van der Waals surface area contributed by atoms with Crippen LogP contribution in [0.25, 0.3) is 0 Å². The van der Waals surface area contributed by atoms with Gasteiger partial charge in [0.15, 0.2) is 0 Å². The third-order valence-corrected chi connectivity index (χ3v) is 5.98.